The lowest BCUT2D eigenvalue weighted by molar-refractivity contribution is 0.502. The van der Waals surface area contributed by atoms with E-state index in [1.54, 1.807) is 12.1 Å². The summed E-state index contributed by atoms with van der Waals surface area (Å²) in [7, 11) is 0. The maximum absolute atomic E-state index is 6.20. The Morgan fingerprint density at radius 3 is 2.59 bits per heavy atom. The Bertz CT molecular complexity index is 829. The van der Waals surface area contributed by atoms with Gasteiger partial charge in [-0.15, -0.1) is 24.8 Å². The van der Waals surface area contributed by atoms with Crippen LogP contribution in [0.15, 0.2) is 12.1 Å². The maximum atomic E-state index is 6.20. The van der Waals surface area contributed by atoms with Crippen LogP contribution in [0.2, 0.25) is 5.02 Å². The lowest BCUT2D eigenvalue weighted by Gasteiger charge is -2.33. The maximum Gasteiger partial charge on any atom is 0.166 e. The average Bonchev–Trinajstić information content (AvgIpc) is 3.06. The van der Waals surface area contributed by atoms with Crippen LogP contribution in [0.25, 0.3) is 11.4 Å². The van der Waals surface area contributed by atoms with Crippen LogP contribution in [0.5, 0.6) is 0 Å². The Balaban J connectivity index is 0.00000131. The van der Waals surface area contributed by atoms with Gasteiger partial charge in [0.15, 0.2) is 5.82 Å². The molecule has 0 spiro atoms. The second-order valence-electron chi connectivity index (χ2n) is 6.92. The summed E-state index contributed by atoms with van der Waals surface area (Å²) >= 11 is 6.20. The smallest absolute Gasteiger partial charge is 0.166 e. The van der Waals surface area contributed by atoms with E-state index in [0.29, 0.717) is 27.8 Å². The largest absolute Gasteiger partial charge is 0.398 e. The molecular formula is C18H25Cl3N6. The first kappa shape index (κ1) is 21.8. The molecule has 1 fully saturated rings. The fraction of sp³-hybridized carbons (Fsp3) is 0.444. The van der Waals surface area contributed by atoms with Gasteiger partial charge in [0.25, 0.3) is 0 Å². The Kier molecular flexibility index (Phi) is 7.03. The summed E-state index contributed by atoms with van der Waals surface area (Å²) in [6.45, 7) is 1.79. The summed E-state index contributed by atoms with van der Waals surface area (Å²) in [5.74, 6) is 1.55. The van der Waals surface area contributed by atoms with E-state index < -0.39 is 0 Å². The zero-order chi connectivity index (χ0) is 17.6. The Hall–Kier alpha value is -1.47. The number of benzene rings is 1. The summed E-state index contributed by atoms with van der Waals surface area (Å²) in [6.07, 6.45) is 5.21. The van der Waals surface area contributed by atoms with Gasteiger partial charge in [0.05, 0.1) is 16.3 Å². The number of rotatable bonds is 2. The molecule has 1 aromatic heterocycles. The fourth-order valence-corrected chi connectivity index (χ4v) is 4.01. The van der Waals surface area contributed by atoms with Gasteiger partial charge in [-0.2, -0.15) is 0 Å². The van der Waals surface area contributed by atoms with Crippen LogP contribution < -0.4 is 22.1 Å². The minimum absolute atomic E-state index is 0. The van der Waals surface area contributed by atoms with Crippen LogP contribution in [0, 0.1) is 0 Å². The van der Waals surface area contributed by atoms with Gasteiger partial charge >= 0.3 is 0 Å². The predicted molar refractivity (Wildman–Crippen MR) is 117 cm³/mol. The first-order valence-electron chi connectivity index (χ1n) is 8.78. The molecule has 0 radical (unpaired) electrons. The van der Waals surface area contributed by atoms with E-state index in [-0.39, 0.29) is 30.9 Å². The van der Waals surface area contributed by atoms with Crippen molar-refractivity contribution in [2.24, 2.45) is 5.73 Å². The van der Waals surface area contributed by atoms with Gasteiger partial charge in [0, 0.05) is 36.1 Å². The van der Waals surface area contributed by atoms with Crippen LogP contribution in [-0.2, 0) is 12.8 Å². The molecule has 6 N–H and O–H groups in total. The number of aryl methyl sites for hydroxylation is 1. The first-order chi connectivity index (χ1) is 12.0. The van der Waals surface area contributed by atoms with Crippen molar-refractivity contribution in [2.45, 2.75) is 38.1 Å². The molecule has 1 atom stereocenters. The van der Waals surface area contributed by atoms with Crippen molar-refractivity contribution < 1.29 is 0 Å². The van der Waals surface area contributed by atoms with Crippen molar-refractivity contribution in [3.8, 4) is 11.4 Å². The van der Waals surface area contributed by atoms with E-state index in [1.807, 2.05) is 0 Å². The van der Waals surface area contributed by atoms with E-state index in [9.17, 15) is 0 Å². The Labute approximate surface area is 176 Å². The number of anilines is 3. The minimum atomic E-state index is 0. The van der Waals surface area contributed by atoms with Gasteiger partial charge in [-0.1, -0.05) is 11.6 Å². The van der Waals surface area contributed by atoms with Crippen LogP contribution in [-0.4, -0.2) is 29.1 Å². The molecule has 4 rings (SSSR count). The van der Waals surface area contributed by atoms with Gasteiger partial charge in [-0.3, -0.25) is 0 Å². The predicted octanol–water partition coefficient (Wildman–Crippen LogP) is 3.22. The molecule has 9 heteroatoms. The van der Waals surface area contributed by atoms with E-state index in [2.05, 4.69) is 4.90 Å². The van der Waals surface area contributed by atoms with Gasteiger partial charge in [0.2, 0.25) is 0 Å². The fourth-order valence-electron chi connectivity index (χ4n) is 3.85. The number of nitrogen functional groups attached to an aromatic ring is 2. The lowest BCUT2D eigenvalue weighted by atomic mass is 10.1. The first-order valence-corrected chi connectivity index (χ1v) is 9.16. The number of fused-ring (bicyclic) bond motifs is 1. The second kappa shape index (κ2) is 8.69. The zero-order valence-corrected chi connectivity index (χ0v) is 17.3. The van der Waals surface area contributed by atoms with Crippen molar-refractivity contribution in [2.75, 3.05) is 29.5 Å². The molecule has 2 heterocycles. The highest BCUT2D eigenvalue weighted by atomic mass is 35.5. The number of nitrogens with zero attached hydrogens (tertiary/aromatic N) is 3. The summed E-state index contributed by atoms with van der Waals surface area (Å²) in [4.78, 5) is 11.9. The van der Waals surface area contributed by atoms with Crippen LogP contribution in [0.3, 0.4) is 0 Å². The van der Waals surface area contributed by atoms with Crippen molar-refractivity contribution in [1.29, 1.82) is 0 Å². The third-order valence-electron chi connectivity index (χ3n) is 5.12. The molecular weight excluding hydrogens is 407 g/mol. The summed E-state index contributed by atoms with van der Waals surface area (Å²) in [5, 5.41) is 0.467. The van der Waals surface area contributed by atoms with Crippen molar-refractivity contribution >= 4 is 53.6 Å². The number of halogens is 3. The van der Waals surface area contributed by atoms with E-state index in [1.165, 1.54) is 5.56 Å². The van der Waals surface area contributed by atoms with Crippen LogP contribution in [0.4, 0.5) is 17.2 Å². The zero-order valence-electron chi connectivity index (χ0n) is 14.9. The van der Waals surface area contributed by atoms with Gasteiger partial charge in [-0.05, 0) is 44.2 Å². The topological polar surface area (TPSA) is 107 Å². The third-order valence-corrected chi connectivity index (χ3v) is 5.45. The van der Waals surface area contributed by atoms with E-state index >= 15 is 0 Å². The highest BCUT2D eigenvalue weighted by Gasteiger charge is 2.27. The van der Waals surface area contributed by atoms with Crippen molar-refractivity contribution in [3.63, 3.8) is 0 Å². The normalized spacial score (nSPS) is 18.4. The van der Waals surface area contributed by atoms with Gasteiger partial charge in [0.1, 0.15) is 5.82 Å². The molecule has 27 heavy (non-hydrogen) atoms. The standard InChI is InChI=1S/C18H23ClN6.2ClH/c19-12-6-7-13(21)15(16(12)22)17-23-14-5-1-4-11(14)18(24-17)25-8-2-3-10(20)9-25;;/h6-7,10H,1-5,8-9,20-22H2;2*1H. The monoisotopic (exact) mass is 430 g/mol. The summed E-state index contributed by atoms with van der Waals surface area (Å²) in [5.41, 5.74) is 22.5. The molecule has 6 nitrogen and oxygen atoms in total. The number of aromatic nitrogens is 2. The van der Waals surface area contributed by atoms with E-state index in [0.717, 1.165) is 56.7 Å². The molecule has 0 amide bonds. The highest BCUT2D eigenvalue weighted by molar-refractivity contribution is 6.34. The van der Waals surface area contributed by atoms with Gasteiger partial charge < -0.3 is 22.1 Å². The number of nitrogens with two attached hydrogens (primary N) is 3. The number of piperidine rings is 1. The number of hydrogen-bond donors (Lipinski definition) is 3. The van der Waals surface area contributed by atoms with Crippen molar-refractivity contribution in [1.82, 2.24) is 9.97 Å². The quantitative estimate of drug-likeness (QED) is 0.630. The molecule has 2 aliphatic rings. The molecule has 1 aliphatic carbocycles. The highest BCUT2D eigenvalue weighted by Crippen LogP contribution is 2.38. The number of hydrogen-bond acceptors (Lipinski definition) is 6. The molecule has 0 saturated carbocycles. The molecule has 2 aromatic rings. The Morgan fingerprint density at radius 2 is 1.85 bits per heavy atom. The molecule has 1 unspecified atom stereocenters. The average molecular weight is 432 g/mol. The summed E-state index contributed by atoms with van der Waals surface area (Å²) in [6, 6.07) is 3.64. The molecule has 1 aromatic carbocycles. The lowest BCUT2D eigenvalue weighted by Crippen LogP contribution is -2.43. The van der Waals surface area contributed by atoms with E-state index in [4.69, 9.17) is 38.8 Å². The molecule has 148 valence electrons. The van der Waals surface area contributed by atoms with Crippen LogP contribution >= 0.6 is 36.4 Å². The summed E-state index contributed by atoms with van der Waals surface area (Å²) < 4.78 is 0. The molecule has 1 aliphatic heterocycles. The third kappa shape index (κ3) is 4.04. The van der Waals surface area contributed by atoms with Crippen LogP contribution in [0.1, 0.15) is 30.5 Å². The molecule has 0 bridgehead atoms. The second-order valence-corrected chi connectivity index (χ2v) is 7.33. The van der Waals surface area contributed by atoms with Crippen molar-refractivity contribution in [3.05, 3.63) is 28.4 Å². The van der Waals surface area contributed by atoms with Gasteiger partial charge in [-0.25, -0.2) is 9.97 Å². The SMILES string of the molecule is Cl.Cl.Nc1ccc(Cl)c(N)c1-c1nc2c(c(N3CCCC(N)C3)n1)CCC2. The molecule has 1 saturated heterocycles. The minimum Gasteiger partial charge on any atom is -0.398 e. The Morgan fingerprint density at radius 1 is 1.07 bits per heavy atom.